The second-order valence-electron chi connectivity index (χ2n) is 4.61. The lowest BCUT2D eigenvalue weighted by atomic mass is 10.0. The van der Waals surface area contributed by atoms with E-state index in [0.29, 0.717) is 0 Å². The molecule has 0 spiro atoms. The summed E-state index contributed by atoms with van der Waals surface area (Å²) in [6.45, 7) is 6.79. The smallest absolute Gasteiger partial charge is 0.372 e. The zero-order valence-corrected chi connectivity index (χ0v) is 9.98. The van der Waals surface area contributed by atoms with Gasteiger partial charge in [-0.25, -0.2) is 0 Å². The zero-order valence-electron chi connectivity index (χ0n) is 9.98. The fourth-order valence-corrected chi connectivity index (χ4v) is 1.18. The van der Waals surface area contributed by atoms with Crippen LogP contribution >= 0.6 is 0 Å². The molecule has 0 bridgehead atoms. The molecule has 1 atom stereocenters. The number of hydrogen-bond donors (Lipinski definition) is 1. The summed E-state index contributed by atoms with van der Waals surface area (Å²) in [5.74, 6) is -0.906. The van der Waals surface area contributed by atoms with Crippen LogP contribution in [-0.2, 0) is 4.79 Å². The van der Waals surface area contributed by atoms with Crippen molar-refractivity contribution in [2.45, 2.75) is 33.2 Å². The molecule has 16 heavy (non-hydrogen) atoms. The number of carbonyl (C=O) groups excluding carboxylic acids is 2. The normalized spacial score (nSPS) is 12.5. The fraction of sp³-hybridized carbons (Fsp3) is 0.700. The molecule has 0 aromatic rings. The highest BCUT2D eigenvalue weighted by molar-refractivity contribution is 6.26. The first-order valence-corrected chi connectivity index (χ1v) is 4.92. The first-order chi connectivity index (χ1) is 7.20. The van der Waals surface area contributed by atoms with Gasteiger partial charge < -0.3 is 14.8 Å². The van der Waals surface area contributed by atoms with Gasteiger partial charge in [-0.3, -0.25) is 4.79 Å². The third-order valence-corrected chi connectivity index (χ3v) is 2.16. The van der Waals surface area contributed by atoms with Gasteiger partial charge in [0.05, 0.1) is 10.3 Å². The average Bonchev–Trinajstić information content (AvgIpc) is 2.11. The Hall–Kier alpha value is -1.68. The molecule has 0 saturated carbocycles. The molecule has 0 aromatic heterocycles. The van der Waals surface area contributed by atoms with E-state index in [-0.39, 0.29) is 12.3 Å². The fourth-order valence-electron chi connectivity index (χ4n) is 1.18. The van der Waals surface area contributed by atoms with Crippen LogP contribution < -0.4 is 5.11 Å². The molecule has 0 saturated heterocycles. The molecule has 90 valence electrons. The molecule has 0 unspecified atom stereocenters. The Bertz CT molecular complexity index is 327. The van der Waals surface area contributed by atoms with E-state index in [2.05, 4.69) is 4.79 Å². The van der Waals surface area contributed by atoms with E-state index in [1.54, 1.807) is 27.7 Å². The quantitative estimate of drug-likeness (QED) is 0.414. The minimum Gasteiger partial charge on any atom is -0.530 e. The highest BCUT2D eigenvalue weighted by Crippen LogP contribution is 2.15. The van der Waals surface area contributed by atoms with Crippen LogP contribution in [0.25, 0.3) is 0 Å². The van der Waals surface area contributed by atoms with Crippen molar-refractivity contribution < 1.29 is 19.5 Å². The highest BCUT2D eigenvalue weighted by atomic mass is 16.4. The van der Waals surface area contributed by atoms with Crippen LogP contribution in [0.5, 0.6) is 0 Å². The first-order valence-electron chi connectivity index (χ1n) is 4.92. The predicted molar refractivity (Wildman–Crippen MR) is 55.1 cm³/mol. The maximum absolute atomic E-state index is 11.3. The number of ketones is 1. The Morgan fingerprint density at radius 2 is 2.00 bits per heavy atom. The van der Waals surface area contributed by atoms with Crippen molar-refractivity contribution in [1.82, 2.24) is 4.90 Å². The summed E-state index contributed by atoms with van der Waals surface area (Å²) in [6, 6.07) is 0. The lowest BCUT2D eigenvalue weighted by Crippen LogP contribution is -2.53. The standard InChI is InChI=1S/C10H17N3O3/c1-7(8(14)5-12-11)6-13(9(15)16)10(2,3)4/h5,7,11H,6H2,1-4H3/t7-/m0/s1. The van der Waals surface area contributed by atoms with E-state index in [1.165, 1.54) is 0 Å². The number of nitrogens with one attached hydrogen (secondary N) is 1. The second kappa shape index (κ2) is 5.42. The number of nitrogens with zero attached hydrogens (tertiary/aromatic N) is 2. The summed E-state index contributed by atoms with van der Waals surface area (Å²) in [5, 5.41) is 10.9. The largest absolute Gasteiger partial charge is 0.530 e. The van der Waals surface area contributed by atoms with Crippen LogP contribution in [0.3, 0.4) is 0 Å². The van der Waals surface area contributed by atoms with E-state index >= 15 is 0 Å². The maximum Gasteiger partial charge on any atom is 0.372 e. The van der Waals surface area contributed by atoms with Gasteiger partial charge in [0.1, 0.15) is 6.09 Å². The Morgan fingerprint density at radius 1 is 1.50 bits per heavy atom. The van der Waals surface area contributed by atoms with E-state index < -0.39 is 17.6 Å². The lowest BCUT2D eigenvalue weighted by molar-refractivity contribution is -0.270. The summed E-state index contributed by atoms with van der Waals surface area (Å²) in [4.78, 5) is 26.2. The van der Waals surface area contributed by atoms with E-state index in [0.717, 1.165) is 11.1 Å². The maximum atomic E-state index is 11.3. The van der Waals surface area contributed by atoms with E-state index in [1.807, 2.05) is 0 Å². The Balaban J connectivity index is 4.72. The van der Waals surface area contributed by atoms with Crippen LogP contribution in [0.15, 0.2) is 0 Å². The third-order valence-electron chi connectivity index (χ3n) is 2.16. The molecular formula is C10H17N3O3. The van der Waals surface area contributed by atoms with Gasteiger partial charge in [0.2, 0.25) is 5.78 Å². The molecule has 0 aromatic carbocycles. The summed E-state index contributed by atoms with van der Waals surface area (Å²) < 4.78 is 0. The SMILES string of the molecule is C[C@@H](CN(C(=O)[O-])C(C)(C)C)C(=O)C=[N+]=N. The highest BCUT2D eigenvalue weighted by Gasteiger charge is 2.26. The third kappa shape index (κ3) is 4.23. The molecule has 0 aliphatic rings. The van der Waals surface area contributed by atoms with Crippen LogP contribution in [0, 0.1) is 11.4 Å². The number of Topliss-reactive ketones (excluding diaryl/α,β-unsaturated/α-hetero) is 1. The minimum absolute atomic E-state index is 0.0384. The van der Waals surface area contributed by atoms with Gasteiger partial charge in [0.15, 0.2) is 0 Å². The van der Waals surface area contributed by atoms with Gasteiger partial charge in [-0.15, -0.1) is 0 Å². The summed E-state index contributed by atoms with van der Waals surface area (Å²) >= 11 is 0. The Labute approximate surface area is 94.5 Å². The van der Waals surface area contributed by atoms with Crippen LogP contribution in [0.4, 0.5) is 4.79 Å². The van der Waals surface area contributed by atoms with Crippen molar-refractivity contribution in [1.29, 1.82) is 5.53 Å². The molecule has 6 nitrogen and oxygen atoms in total. The van der Waals surface area contributed by atoms with Crippen LogP contribution in [-0.4, -0.2) is 39.9 Å². The number of hydrogen-bond acceptors (Lipinski definition) is 4. The topological polar surface area (TPSA) is 98.4 Å². The zero-order chi connectivity index (χ0) is 12.9. The molecule has 1 N–H and O–H groups in total. The molecule has 0 radical (unpaired) electrons. The lowest BCUT2D eigenvalue weighted by Gasteiger charge is -2.38. The Kier molecular flexibility index (Phi) is 4.85. The molecule has 0 heterocycles. The van der Waals surface area contributed by atoms with Gasteiger partial charge in [-0.2, -0.15) is 0 Å². The van der Waals surface area contributed by atoms with E-state index in [4.69, 9.17) is 5.53 Å². The van der Waals surface area contributed by atoms with Gasteiger partial charge >= 0.3 is 6.21 Å². The van der Waals surface area contributed by atoms with Crippen molar-refractivity contribution in [3.8, 4) is 0 Å². The molecular weight excluding hydrogens is 210 g/mol. The molecule has 0 fully saturated rings. The van der Waals surface area contributed by atoms with Gasteiger partial charge in [-0.1, -0.05) is 6.92 Å². The number of rotatable bonds is 4. The number of carboxylic acid groups (broad SMARTS) is 1. The molecule has 0 aliphatic carbocycles. The number of amides is 1. The number of carbonyl (C=O) groups is 2. The monoisotopic (exact) mass is 227 g/mol. The van der Waals surface area contributed by atoms with Crippen LogP contribution in [0.2, 0.25) is 0 Å². The van der Waals surface area contributed by atoms with Crippen molar-refractivity contribution in [3.63, 3.8) is 0 Å². The summed E-state index contributed by atoms with van der Waals surface area (Å²) in [5.41, 5.74) is 5.90. The molecule has 6 heteroatoms. The molecule has 1 amide bonds. The molecule has 0 rings (SSSR count). The van der Waals surface area contributed by atoms with Gasteiger partial charge in [0.25, 0.3) is 0 Å². The summed E-state index contributed by atoms with van der Waals surface area (Å²) in [6.07, 6.45) is -0.434. The Morgan fingerprint density at radius 3 is 2.31 bits per heavy atom. The van der Waals surface area contributed by atoms with Crippen molar-refractivity contribution in [3.05, 3.63) is 0 Å². The van der Waals surface area contributed by atoms with Crippen molar-refractivity contribution in [2.24, 2.45) is 5.92 Å². The average molecular weight is 227 g/mol. The van der Waals surface area contributed by atoms with Gasteiger partial charge in [-0.05, 0) is 20.8 Å². The minimum atomic E-state index is -1.31. The van der Waals surface area contributed by atoms with Crippen LogP contribution in [0.1, 0.15) is 27.7 Å². The van der Waals surface area contributed by atoms with Crippen molar-refractivity contribution in [2.75, 3.05) is 6.54 Å². The first kappa shape index (κ1) is 14.3. The van der Waals surface area contributed by atoms with E-state index in [9.17, 15) is 14.7 Å². The van der Waals surface area contributed by atoms with Gasteiger partial charge in [0, 0.05) is 18.0 Å². The molecule has 0 aliphatic heterocycles. The van der Waals surface area contributed by atoms with Crippen molar-refractivity contribution >= 4 is 18.1 Å². The summed E-state index contributed by atoms with van der Waals surface area (Å²) in [7, 11) is 0. The second-order valence-corrected chi connectivity index (χ2v) is 4.61. The predicted octanol–water partition coefficient (Wildman–Crippen LogP) is -0.0546.